The summed E-state index contributed by atoms with van der Waals surface area (Å²) in [6.45, 7) is 3.74. The van der Waals surface area contributed by atoms with Gasteiger partial charge in [-0.15, -0.1) is 0 Å². The molecule has 0 aliphatic rings. The molecule has 0 atom stereocenters. The van der Waals surface area contributed by atoms with Gasteiger partial charge in [-0.2, -0.15) is 13.2 Å². The minimum atomic E-state index is -4.23. The molecule has 4 heteroatoms. The van der Waals surface area contributed by atoms with Crippen molar-refractivity contribution in [2.24, 2.45) is 0 Å². The van der Waals surface area contributed by atoms with Gasteiger partial charge in [-0.25, -0.2) is 0 Å². The average Bonchev–Trinajstić information content (AvgIpc) is 2.03. The van der Waals surface area contributed by atoms with E-state index in [1.54, 1.807) is 6.07 Å². The van der Waals surface area contributed by atoms with E-state index in [-0.39, 0.29) is 12.1 Å². The zero-order valence-electron chi connectivity index (χ0n) is 8.23. The maximum absolute atomic E-state index is 12.2. The lowest BCUT2D eigenvalue weighted by Gasteiger charge is -2.10. The SMILES string of the molecule is CC(C)c1cccc(C(F)(F)F)c1.N. The van der Waals surface area contributed by atoms with Crippen molar-refractivity contribution in [3.8, 4) is 0 Å². The summed E-state index contributed by atoms with van der Waals surface area (Å²) in [6.07, 6.45) is -4.23. The molecule has 80 valence electrons. The number of hydrogen-bond acceptors (Lipinski definition) is 1. The predicted octanol–water partition coefficient (Wildman–Crippen LogP) is 3.99. The van der Waals surface area contributed by atoms with Gasteiger partial charge in [0, 0.05) is 0 Å². The summed E-state index contributed by atoms with van der Waals surface area (Å²) in [6, 6.07) is 5.44. The molecule has 1 nitrogen and oxygen atoms in total. The Morgan fingerprint density at radius 3 is 2.14 bits per heavy atom. The first kappa shape index (κ1) is 13.0. The highest BCUT2D eigenvalue weighted by molar-refractivity contribution is 5.27. The number of rotatable bonds is 1. The summed E-state index contributed by atoms with van der Waals surface area (Å²) in [5.74, 6) is 0.127. The van der Waals surface area contributed by atoms with Crippen LogP contribution < -0.4 is 6.15 Å². The van der Waals surface area contributed by atoms with Crippen molar-refractivity contribution in [1.29, 1.82) is 0 Å². The summed E-state index contributed by atoms with van der Waals surface area (Å²) >= 11 is 0. The van der Waals surface area contributed by atoms with E-state index < -0.39 is 11.7 Å². The maximum atomic E-state index is 12.2. The van der Waals surface area contributed by atoms with E-state index >= 15 is 0 Å². The number of alkyl halides is 3. The van der Waals surface area contributed by atoms with Gasteiger partial charge < -0.3 is 6.15 Å². The molecule has 0 bridgehead atoms. The van der Waals surface area contributed by atoms with E-state index in [1.165, 1.54) is 12.1 Å². The highest BCUT2D eigenvalue weighted by Gasteiger charge is 2.30. The van der Waals surface area contributed by atoms with Crippen molar-refractivity contribution in [2.45, 2.75) is 25.9 Å². The Morgan fingerprint density at radius 1 is 1.14 bits per heavy atom. The monoisotopic (exact) mass is 205 g/mol. The molecule has 0 aliphatic carbocycles. The molecule has 3 N–H and O–H groups in total. The van der Waals surface area contributed by atoms with Crippen LogP contribution in [-0.2, 0) is 6.18 Å². The first-order valence-corrected chi connectivity index (χ1v) is 4.08. The normalized spacial score (nSPS) is 11.3. The van der Waals surface area contributed by atoms with Gasteiger partial charge in [0.05, 0.1) is 5.56 Å². The Morgan fingerprint density at radius 2 is 1.71 bits per heavy atom. The standard InChI is InChI=1S/C10H11F3.H3N/c1-7(2)8-4-3-5-9(6-8)10(11,12)13;/h3-7H,1-2H3;1H3. The molecule has 0 heterocycles. The molecule has 0 saturated carbocycles. The molecule has 0 saturated heterocycles. The molecular weight excluding hydrogens is 191 g/mol. The van der Waals surface area contributed by atoms with Crippen molar-refractivity contribution in [2.75, 3.05) is 0 Å². The van der Waals surface area contributed by atoms with Gasteiger partial charge in [0.15, 0.2) is 0 Å². The minimum absolute atomic E-state index is 0. The van der Waals surface area contributed by atoms with Crippen LogP contribution in [0.1, 0.15) is 30.9 Å². The van der Waals surface area contributed by atoms with Crippen LogP contribution >= 0.6 is 0 Å². The molecule has 0 radical (unpaired) electrons. The van der Waals surface area contributed by atoms with Crippen molar-refractivity contribution in [3.63, 3.8) is 0 Å². The average molecular weight is 205 g/mol. The van der Waals surface area contributed by atoms with Crippen LogP contribution in [0.5, 0.6) is 0 Å². The number of benzene rings is 1. The van der Waals surface area contributed by atoms with E-state index in [9.17, 15) is 13.2 Å². The summed E-state index contributed by atoms with van der Waals surface area (Å²) < 4.78 is 36.7. The molecule has 0 unspecified atom stereocenters. The quantitative estimate of drug-likeness (QED) is 0.739. The highest BCUT2D eigenvalue weighted by Crippen LogP contribution is 2.30. The van der Waals surface area contributed by atoms with E-state index in [0.717, 1.165) is 11.6 Å². The number of hydrogen-bond donors (Lipinski definition) is 1. The molecule has 0 amide bonds. The van der Waals surface area contributed by atoms with E-state index in [4.69, 9.17) is 0 Å². The molecule has 1 aromatic carbocycles. The summed E-state index contributed by atoms with van der Waals surface area (Å²) in [5, 5.41) is 0. The smallest absolute Gasteiger partial charge is 0.344 e. The second-order valence-electron chi connectivity index (χ2n) is 3.28. The summed E-state index contributed by atoms with van der Waals surface area (Å²) in [7, 11) is 0. The first-order valence-electron chi connectivity index (χ1n) is 4.08. The van der Waals surface area contributed by atoms with Crippen LogP contribution in [0.25, 0.3) is 0 Å². The zero-order valence-corrected chi connectivity index (χ0v) is 8.23. The third kappa shape index (κ3) is 3.03. The lowest BCUT2D eigenvalue weighted by molar-refractivity contribution is -0.137. The van der Waals surface area contributed by atoms with Crippen LogP contribution in [0, 0.1) is 0 Å². The zero-order chi connectivity index (χ0) is 10.1. The molecule has 1 rings (SSSR count). The van der Waals surface area contributed by atoms with Crippen LogP contribution in [0.2, 0.25) is 0 Å². The third-order valence-electron chi connectivity index (χ3n) is 1.88. The second-order valence-corrected chi connectivity index (χ2v) is 3.28. The molecule has 0 aliphatic heterocycles. The Bertz CT molecular complexity index is 292. The van der Waals surface area contributed by atoms with Gasteiger partial charge in [0.25, 0.3) is 0 Å². The Labute approximate surface area is 81.5 Å². The Hall–Kier alpha value is -1.03. The van der Waals surface area contributed by atoms with E-state index in [1.807, 2.05) is 13.8 Å². The van der Waals surface area contributed by atoms with Gasteiger partial charge in [0.1, 0.15) is 0 Å². The lowest BCUT2D eigenvalue weighted by atomic mass is 10.0. The van der Waals surface area contributed by atoms with Crippen LogP contribution in [0.4, 0.5) is 13.2 Å². The van der Waals surface area contributed by atoms with Gasteiger partial charge in [-0.3, -0.25) is 0 Å². The fourth-order valence-electron chi connectivity index (χ4n) is 1.07. The molecule has 0 spiro atoms. The molecule has 0 aromatic heterocycles. The fraction of sp³-hybridized carbons (Fsp3) is 0.400. The molecule has 14 heavy (non-hydrogen) atoms. The Kier molecular flexibility index (Phi) is 4.13. The van der Waals surface area contributed by atoms with E-state index in [2.05, 4.69) is 0 Å². The maximum Gasteiger partial charge on any atom is 0.416 e. The summed E-state index contributed by atoms with van der Waals surface area (Å²) in [4.78, 5) is 0. The van der Waals surface area contributed by atoms with Crippen molar-refractivity contribution in [3.05, 3.63) is 35.4 Å². The van der Waals surface area contributed by atoms with Gasteiger partial charge in [-0.05, 0) is 17.5 Å². The van der Waals surface area contributed by atoms with Crippen molar-refractivity contribution >= 4 is 0 Å². The van der Waals surface area contributed by atoms with Crippen LogP contribution in [-0.4, -0.2) is 0 Å². The second kappa shape index (κ2) is 4.46. The topological polar surface area (TPSA) is 35.0 Å². The molecular formula is C10H14F3N. The lowest BCUT2D eigenvalue weighted by Crippen LogP contribution is -2.05. The van der Waals surface area contributed by atoms with Crippen molar-refractivity contribution < 1.29 is 13.2 Å². The summed E-state index contributed by atoms with van der Waals surface area (Å²) in [5.41, 5.74) is 0.147. The van der Waals surface area contributed by atoms with Gasteiger partial charge in [0.2, 0.25) is 0 Å². The Balaban J connectivity index is 0.00000169. The minimum Gasteiger partial charge on any atom is -0.344 e. The van der Waals surface area contributed by atoms with Crippen LogP contribution in [0.15, 0.2) is 24.3 Å². The highest BCUT2D eigenvalue weighted by atomic mass is 19.4. The van der Waals surface area contributed by atoms with Gasteiger partial charge >= 0.3 is 6.18 Å². The van der Waals surface area contributed by atoms with E-state index in [0.29, 0.717) is 0 Å². The largest absolute Gasteiger partial charge is 0.416 e. The van der Waals surface area contributed by atoms with Crippen LogP contribution in [0.3, 0.4) is 0 Å². The third-order valence-corrected chi connectivity index (χ3v) is 1.88. The fourth-order valence-corrected chi connectivity index (χ4v) is 1.07. The molecule has 0 fully saturated rings. The van der Waals surface area contributed by atoms with Gasteiger partial charge in [-0.1, -0.05) is 32.0 Å². The predicted molar refractivity (Wildman–Crippen MR) is 50.6 cm³/mol. The van der Waals surface area contributed by atoms with Crippen molar-refractivity contribution in [1.82, 2.24) is 6.15 Å². The molecule has 1 aromatic rings. The number of halogens is 3. The first-order chi connectivity index (χ1) is 5.91.